The van der Waals surface area contributed by atoms with E-state index in [2.05, 4.69) is 38.4 Å². The quantitative estimate of drug-likeness (QED) is 0.312. The Morgan fingerprint density at radius 3 is 2.40 bits per heavy atom. The lowest BCUT2D eigenvalue weighted by Gasteiger charge is -2.39. The lowest BCUT2D eigenvalue weighted by molar-refractivity contribution is 0.0563. The molecule has 2 saturated heterocycles. The third-order valence-corrected chi connectivity index (χ3v) is 8.20. The number of amides is 1. The zero-order chi connectivity index (χ0) is 27.8. The van der Waals surface area contributed by atoms with Gasteiger partial charge in [0.1, 0.15) is 11.5 Å². The number of pyridine rings is 1. The summed E-state index contributed by atoms with van der Waals surface area (Å²) >= 11 is 0. The SMILES string of the molecule is CO.Cc1c(C2CC3CCC(C2)N3C(=O)c2ccn[nH]2)nc2c(-c3ccc(-c4ccccc4)nc3)cnn2c1N. The predicted molar refractivity (Wildman–Crippen MR) is 152 cm³/mol. The molecule has 1 amide bonds. The number of nitrogens with zero attached hydrogens (tertiary/aromatic N) is 6. The average Bonchev–Trinajstić information content (AvgIpc) is 3.75. The van der Waals surface area contributed by atoms with Crippen LogP contribution in [0.2, 0.25) is 0 Å². The van der Waals surface area contributed by atoms with Crippen LogP contribution in [0, 0.1) is 6.92 Å². The third-order valence-electron chi connectivity index (χ3n) is 8.20. The molecule has 1 aromatic carbocycles. The van der Waals surface area contributed by atoms with E-state index in [0.29, 0.717) is 11.5 Å². The minimum atomic E-state index is 0.0395. The van der Waals surface area contributed by atoms with Gasteiger partial charge in [-0.15, -0.1) is 0 Å². The molecule has 2 bridgehead atoms. The molecule has 0 saturated carbocycles. The fraction of sp³-hybridized carbons (Fsp3) is 0.300. The van der Waals surface area contributed by atoms with Gasteiger partial charge in [-0.2, -0.15) is 14.7 Å². The smallest absolute Gasteiger partial charge is 0.272 e. The Bertz CT molecular complexity index is 1620. The van der Waals surface area contributed by atoms with Crippen molar-refractivity contribution < 1.29 is 9.90 Å². The summed E-state index contributed by atoms with van der Waals surface area (Å²) in [6, 6.07) is 16.3. The number of aliphatic hydroxyl groups excluding tert-OH is 1. The van der Waals surface area contributed by atoms with Crippen molar-refractivity contribution in [2.45, 2.75) is 50.6 Å². The second-order valence-corrected chi connectivity index (χ2v) is 10.3. The van der Waals surface area contributed by atoms with E-state index < -0.39 is 0 Å². The molecule has 2 unspecified atom stereocenters. The number of nitrogens with one attached hydrogen (secondary N) is 1. The van der Waals surface area contributed by atoms with E-state index in [0.717, 1.165) is 72.1 Å². The van der Waals surface area contributed by atoms with Crippen molar-refractivity contribution in [2.24, 2.45) is 0 Å². The maximum atomic E-state index is 13.1. The molecular formula is C30H32N8O2. The van der Waals surface area contributed by atoms with Crippen LogP contribution in [0.5, 0.6) is 0 Å². The molecule has 0 radical (unpaired) electrons. The second-order valence-electron chi connectivity index (χ2n) is 10.3. The van der Waals surface area contributed by atoms with E-state index in [1.807, 2.05) is 43.6 Å². The van der Waals surface area contributed by atoms with Gasteiger partial charge in [0.25, 0.3) is 5.91 Å². The lowest BCUT2D eigenvalue weighted by atomic mass is 9.86. The first kappa shape index (κ1) is 25.7. The van der Waals surface area contributed by atoms with Crippen LogP contribution >= 0.6 is 0 Å². The van der Waals surface area contributed by atoms with E-state index in [-0.39, 0.29) is 23.9 Å². The van der Waals surface area contributed by atoms with Gasteiger partial charge in [-0.05, 0) is 44.7 Å². The highest BCUT2D eigenvalue weighted by molar-refractivity contribution is 5.93. The maximum absolute atomic E-state index is 13.1. The molecule has 2 fully saturated rings. The molecule has 0 aliphatic carbocycles. The minimum absolute atomic E-state index is 0.0395. The topological polar surface area (TPSA) is 138 Å². The number of benzene rings is 1. The van der Waals surface area contributed by atoms with Crippen LogP contribution in [0.25, 0.3) is 28.0 Å². The molecule has 10 heteroatoms. The Kier molecular flexibility index (Phi) is 6.77. The maximum Gasteiger partial charge on any atom is 0.272 e. The summed E-state index contributed by atoms with van der Waals surface area (Å²) in [6.45, 7) is 2.03. The number of nitrogens with two attached hydrogens (primary N) is 1. The standard InChI is InChI=1S/C29H28N8O.CH4O/c1-17-26(20-13-21-8-9-22(14-20)36(21)29(38)25-11-12-32-35-25)34-28-23(16-33-37(28)27(17)30)19-7-10-24(31-15-19)18-5-3-2-4-6-18;1-2/h2-7,10-12,15-16,20-22H,8-9,13-14,30H2,1H3,(H,32,35);2H,1H3. The van der Waals surface area contributed by atoms with Gasteiger partial charge in [0.15, 0.2) is 5.65 Å². The molecule has 2 aliphatic heterocycles. The summed E-state index contributed by atoms with van der Waals surface area (Å²) in [5.74, 6) is 0.873. The summed E-state index contributed by atoms with van der Waals surface area (Å²) in [5.41, 5.74) is 13.7. The number of rotatable bonds is 4. The number of hydrogen-bond acceptors (Lipinski definition) is 7. The van der Waals surface area contributed by atoms with Crippen LogP contribution in [0.1, 0.15) is 53.3 Å². The van der Waals surface area contributed by atoms with Crippen LogP contribution in [0.3, 0.4) is 0 Å². The summed E-state index contributed by atoms with van der Waals surface area (Å²) < 4.78 is 1.73. The zero-order valence-corrected chi connectivity index (χ0v) is 22.5. The van der Waals surface area contributed by atoms with E-state index in [1.54, 1.807) is 16.8 Å². The molecule has 6 heterocycles. The number of piperidine rings is 1. The van der Waals surface area contributed by atoms with E-state index in [9.17, 15) is 4.79 Å². The van der Waals surface area contributed by atoms with Crippen molar-refractivity contribution in [1.82, 2.24) is 34.7 Å². The molecule has 0 spiro atoms. The van der Waals surface area contributed by atoms with Crippen molar-refractivity contribution in [3.63, 3.8) is 0 Å². The van der Waals surface area contributed by atoms with Gasteiger partial charge in [0, 0.05) is 59.8 Å². The molecule has 204 valence electrons. The lowest BCUT2D eigenvalue weighted by Crippen LogP contribution is -2.46. The number of hydrogen-bond donors (Lipinski definition) is 3. The monoisotopic (exact) mass is 536 g/mol. The van der Waals surface area contributed by atoms with E-state index in [4.69, 9.17) is 20.8 Å². The van der Waals surface area contributed by atoms with Gasteiger partial charge in [0.05, 0.1) is 17.6 Å². The molecular weight excluding hydrogens is 504 g/mol. The van der Waals surface area contributed by atoms with Gasteiger partial charge in [-0.25, -0.2) is 4.98 Å². The summed E-state index contributed by atoms with van der Waals surface area (Å²) in [7, 11) is 1.00. The van der Waals surface area contributed by atoms with Gasteiger partial charge in [-0.3, -0.25) is 14.9 Å². The first-order valence-corrected chi connectivity index (χ1v) is 13.5. The summed E-state index contributed by atoms with van der Waals surface area (Å²) in [6.07, 6.45) is 9.08. The van der Waals surface area contributed by atoms with Gasteiger partial charge in [0.2, 0.25) is 0 Å². The van der Waals surface area contributed by atoms with Crippen molar-refractivity contribution in [2.75, 3.05) is 12.8 Å². The van der Waals surface area contributed by atoms with Crippen molar-refractivity contribution in [3.05, 3.63) is 84.1 Å². The average molecular weight is 537 g/mol. The number of fused-ring (bicyclic) bond motifs is 3. The number of aromatic nitrogens is 6. The predicted octanol–water partition coefficient (Wildman–Crippen LogP) is 4.23. The molecule has 2 aliphatic rings. The van der Waals surface area contributed by atoms with Gasteiger partial charge in [-0.1, -0.05) is 36.4 Å². The highest BCUT2D eigenvalue weighted by Crippen LogP contribution is 2.44. The normalized spacial score (nSPS) is 19.9. The largest absolute Gasteiger partial charge is 0.400 e. The Morgan fingerprint density at radius 1 is 1.00 bits per heavy atom. The molecule has 7 rings (SSSR count). The summed E-state index contributed by atoms with van der Waals surface area (Å²) in [5, 5.41) is 18.4. The second kappa shape index (κ2) is 10.5. The van der Waals surface area contributed by atoms with Gasteiger partial charge < -0.3 is 15.7 Å². The van der Waals surface area contributed by atoms with E-state index in [1.165, 1.54) is 0 Å². The molecule has 4 N–H and O–H groups in total. The van der Waals surface area contributed by atoms with Crippen LogP contribution in [-0.4, -0.2) is 64.9 Å². The zero-order valence-electron chi connectivity index (χ0n) is 22.5. The number of anilines is 1. The Balaban J connectivity index is 0.00000142. The van der Waals surface area contributed by atoms with Crippen molar-refractivity contribution >= 4 is 17.4 Å². The minimum Gasteiger partial charge on any atom is -0.400 e. The fourth-order valence-electron chi connectivity index (χ4n) is 6.29. The number of aromatic amines is 1. The van der Waals surface area contributed by atoms with Crippen molar-refractivity contribution in [3.8, 4) is 22.4 Å². The molecule has 2 atom stereocenters. The highest BCUT2D eigenvalue weighted by Gasteiger charge is 2.45. The van der Waals surface area contributed by atoms with Crippen LogP contribution in [0.4, 0.5) is 5.82 Å². The fourth-order valence-corrected chi connectivity index (χ4v) is 6.29. The van der Waals surface area contributed by atoms with Crippen LogP contribution in [-0.2, 0) is 0 Å². The Labute approximate surface area is 231 Å². The number of carbonyl (C=O) groups excluding carboxylic acids is 1. The third kappa shape index (κ3) is 4.30. The Morgan fingerprint density at radius 2 is 1.75 bits per heavy atom. The Hall–Kier alpha value is -4.57. The van der Waals surface area contributed by atoms with E-state index >= 15 is 0 Å². The first-order valence-electron chi connectivity index (χ1n) is 13.5. The molecule has 4 aromatic heterocycles. The van der Waals surface area contributed by atoms with Crippen LogP contribution < -0.4 is 5.73 Å². The first-order chi connectivity index (χ1) is 19.6. The number of H-pyrrole nitrogens is 1. The molecule has 40 heavy (non-hydrogen) atoms. The highest BCUT2D eigenvalue weighted by atomic mass is 16.2. The number of nitrogen functional groups attached to an aromatic ring is 1. The molecule has 5 aromatic rings. The summed E-state index contributed by atoms with van der Waals surface area (Å²) in [4.78, 5) is 25.1. The van der Waals surface area contributed by atoms with Crippen molar-refractivity contribution in [1.29, 1.82) is 0 Å². The number of carbonyl (C=O) groups is 1. The number of aliphatic hydroxyl groups is 1. The molecule has 10 nitrogen and oxygen atoms in total. The van der Waals surface area contributed by atoms with Gasteiger partial charge >= 0.3 is 0 Å². The van der Waals surface area contributed by atoms with Crippen LogP contribution in [0.15, 0.2) is 67.1 Å².